The normalized spacial score (nSPS) is 10.2. The third-order valence-corrected chi connectivity index (χ3v) is 3.38. The van der Waals surface area contributed by atoms with Gasteiger partial charge in [0.05, 0.1) is 0 Å². The molecule has 2 aromatic carbocycles. The van der Waals surface area contributed by atoms with Gasteiger partial charge in [-0.3, -0.25) is 0 Å². The van der Waals surface area contributed by atoms with Crippen molar-refractivity contribution in [3.8, 4) is 5.75 Å². The van der Waals surface area contributed by atoms with E-state index in [9.17, 15) is 5.11 Å². The van der Waals surface area contributed by atoms with Crippen molar-refractivity contribution >= 4 is 28.3 Å². The number of hydrogen-bond donors (Lipinski definition) is 3. The number of anilines is 1. The molecule has 88 valence electrons. The Morgan fingerprint density at radius 2 is 1.76 bits per heavy atom. The summed E-state index contributed by atoms with van der Waals surface area (Å²) in [6, 6.07) is 15.4. The maximum absolute atomic E-state index is 9.72. The van der Waals surface area contributed by atoms with Crippen LogP contribution in [0.15, 0.2) is 48.5 Å². The van der Waals surface area contributed by atoms with E-state index in [4.69, 9.17) is 0 Å². The van der Waals surface area contributed by atoms with E-state index >= 15 is 0 Å². The van der Waals surface area contributed by atoms with E-state index in [1.807, 2.05) is 42.5 Å². The smallest absolute Gasteiger partial charge is 0.121 e. The van der Waals surface area contributed by atoms with Gasteiger partial charge in [0.25, 0.3) is 0 Å². The van der Waals surface area contributed by atoms with Gasteiger partial charge in [-0.2, -0.15) is 0 Å². The molecule has 0 spiro atoms. The largest absolute Gasteiger partial charge is 0.508 e. The van der Waals surface area contributed by atoms with Crippen molar-refractivity contribution < 1.29 is 5.11 Å². The van der Waals surface area contributed by atoms with E-state index in [2.05, 4.69) is 33.4 Å². The lowest BCUT2D eigenvalue weighted by Gasteiger charge is -2.10. The topological polar surface area (TPSA) is 44.3 Å². The summed E-state index contributed by atoms with van der Waals surface area (Å²) >= 11 is 2.21. The van der Waals surface area contributed by atoms with Crippen LogP contribution in [0.25, 0.3) is 0 Å². The van der Waals surface area contributed by atoms with Gasteiger partial charge in [0.15, 0.2) is 0 Å². The van der Waals surface area contributed by atoms with Crippen LogP contribution in [0.1, 0.15) is 5.56 Å². The SMILES string of the molecule is Oc1cccc(I)c1CNNc1ccccc1. The van der Waals surface area contributed by atoms with Crippen molar-refractivity contribution in [1.82, 2.24) is 5.43 Å². The van der Waals surface area contributed by atoms with Gasteiger partial charge in [-0.25, -0.2) is 5.43 Å². The van der Waals surface area contributed by atoms with Gasteiger partial charge < -0.3 is 10.5 Å². The molecule has 2 aromatic rings. The Hall–Kier alpha value is -1.27. The van der Waals surface area contributed by atoms with Gasteiger partial charge in [0.2, 0.25) is 0 Å². The highest BCUT2D eigenvalue weighted by Gasteiger charge is 2.04. The van der Waals surface area contributed by atoms with Crippen LogP contribution in [-0.2, 0) is 6.54 Å². The van der Waals surface area contributed by atoms with Crippen molar-refractivity contribution in [2.75, 3.05) is 5.43 Å². The number of aromatic hydroxyl groups is 1. The standard InChI is InChI=1S/C13H13IN2O/c14-12-7-4-8-13(17)11(12)9-15-16-10-5-2-1-3-6-10/h1-8,15-17H,9H2. The van der Waals surface area contributed by atoms with Gasteiger partial charge >= 0.3 is 0 Å². The molecule has 0 unspecified atom stereocenters. The van der Waals surface area contributed by atoms with Gasteiger partial charge in [0.1, 0.15) is 5.75 Å². The molecule has 0 aliphatic rings. The predicted molar refractivity (Wildman–Crippen MR) is 77.7 cm³/mol. The number of halogens is 1. The lowest BCUT2D eigenvalue weighted by atomic mass is 10.2. The molecule has 0 aromatic heterocycles. The summed E-state index contributed by atoms with van der Waals surface area (Å²) in [5.74, 6) is 0.319. The fourth-order valence-electron chi connectivity index (χ4n) is 1.48. The number of nitrogens with one attached hydrogen (secondary N) is 2. The molecule has 4 heteroatoms. The molecule has 0 aliphatic heterocycles. The summed E-state index contributed by atoms with van der Waals surface area (Å²) in [5.41, 5.74) is 8.07. The molecule has 0 amide bonds. The number of phenols is 1. The van der Waals surface area contributed by atoms with Crippen LogP contribution in [-0.4, -0.2) is 5.11 Å². The van der Waals surface area contributed by atoms with Gasteiger partial charge in [-0.05, 0) is 46.9 Å². The van der Waals surface area contributed by atoms with Crippen LogP contribution in [0, 0.1) is 3.57 Å². The molecule has 17 heavy (non-hydrogen) atoms. The van der Waals surface area contributed by atoms with Crippen molar-refractivity contribution in [1.29, 1.82) is 0 Å². The first-order valence-electron chi connectivity index (χ1n) is 5.27. The summed E-state index contributed by atoms with van der Waals surface area (Å²) in [5, 5.41) is 9.72. The second kappa shape index (κ2) is 5.88. The number of para-hydroxylation sites is 1. The molecule has 0 bridgehead atoms. The number of hydrazine groups is 1. The molecule has 0 radical (unpaired) electrons. The van der Waals surface area contributed by atoms with Crippen molar-refractivity contribution in [2.45, 2.75) is 6.54 Å². The second-order valence-corrected chi connectivity index (χ2v) is 4.74. The molecular weight excluding hydrogens is 327 g/mol. The first-order valence-corrected chi connectivity index (χ1v) is 6.35. The summed E-state index contributed by atoms with van der Waals surface area (Å²) in [7, 11) is 0. The fourth-order valence-corrected chi connectivity index (χ4v) is 2.15. The lowest BCUT2D eigenvalue weighted by molar-refractivity contribution is 0.465. The van der Waals surface area contributed by atoms with Crippen LogP contribution in [0.5, 0.6) is 5.75 Å². The quantitative estimate of drug-likeness (QED) is 0.592. The van der Waals surface area contributed by atoms with Crippen molar-refractivity contribution in [3.05, 3.63) is 57.7 Å². The highest BCUT2D eigenvalue weighted by atomic mass is 127. The molecule has 0 aliphatic carbocycles. The summed E-state index contributed by atoms with van der Waals surface area (Å²) in [6.07, 6.45) is 0. The zero-order valence-corrected chi connectivity index (χ0v) is 11.3. The average Bonchev–Trinajstić information content (AvgIpc) is 2.34. The second-order valence-electron chi connectivity index (χ2n) is 3.58. The van der Waals surface area contributed by atoms with E-state index in [0.29, 0.717) is 12.3 Å². The number of rotatable bonds is 4. The van der Waals surface area contributed by atoms with Crippen LogP contribution in [0.4, 0.5) is 5.69 Å². The van der Waals surface area contributed by atoms with Gasteiger partial charge in [0, 0.05) is 21.4 Å². The molecule has 2 rings (SSSR count). The third kappa shape index (κ3) is 3.34. The van der Waals surface area contributed by atoms with Gasteiger partial charge in [-0.15, -0.1) is 0 Å². The Morgan fingerprint density at radius 3 is 2.47 bits per heavy atom. The summed E-state index contributed by atoms with van der Waals surface area (Å²) in [4.78, 5) is 0. The minimum absolute atomic E-state index is 0.319. The van der Waals surface area contributed by atoms with E-state index < -0.39 is 0 Å². The summed E-state index contributed by atoms with van der Waals surface area (Å²) in [6.45, 7) is 0.569. The van der Waals surface area contributed by atoms with Crippen LogP contribution in [0.3, 0.4) is 0 Å². The fraction of sp³-hybridized carbons (Fsp3) is 0.0769. The van der Waals surface area contributed by atoms with Crippen molar-refractivity contribution in [3.63, 3.8) is 0 Å². The minimum atomic E-state index is 0.319. The monoisotopic (exact) mass is 340 g/mol. The Kier molecular flexibility index (Phi) is 4.22. The lowest BCUT2D eigenvalue weighted by Crippen LogP contribution is -2.21. The summed E-state index contributed by atoms with van der Waals surface area (Å²) < 4.78 is 1.05. The highest BCUT2D eigenvalue weighted by Crippen LogP contribution is 2.22. The molecule has 3 N–H and O–H groups in total. The molecular formula is C13H13IN2O. The Labute approximate surface area is 114 Å². The van der Waals surface area contributed by atoms with E-state index in [1.165, 1.54) is 0 Å². The van der Waals surface area contributed by atoms with E-state index in [-0.39, 0.29) is 0 Å². The molecule has 0 saturated carbocycles. The molecule has 0 heterocycles. The van der Waals surface area contributed by atoms with Gasteiger partial charge in [-0.1, -0.05) is 24.3 Å². The van der Waals surface area contributed by atoms with Crippen LogP contribution < -0.4 is 10.9 Å². The number of benzene rings is 2. The minimum Gasteiger partial charge on any atom is -0.508 e. The molecule has 3 nitrogen and oxygen atoms in total. The van der Waals surface area contributed by atoms with Crippen LogP contribution in [0.2, 0.25) is 0 Å². The van der Waals surface area contributed by atoms with E-state index in [1.54, 1.807) is 6.07 Å². The molecule has 0 atom stereocenters. The highest BCUT2D eigenvalue weighted by molar-refractivity contribution is 14.1. The molecule has 0 saturated heterocycles. The zero-order chi connectivity index (χ0) is 12.1. The Balaban J connectivity index is 1.95. The number of phenolic OH excluding ortho intramolecular Hbond substituents is 1. The van der Waals surface area contributed by atoms with E-state index in [0.717, 1.165) is 14.8 Å². The van der Waals surface area contributed by atoms with Crippen LogP contribution >= 0.6 is 22.6 Å². The Morgan fingerprint density at radius 1 is 1.00 bits per heavy atom. The number of hydrogen-bond acceptors (Lipinski definition) is 3. The third-order valence-electron chi connectivity index (χ3n) is 2.37. The zero-order valence-electron chi connectivity index (χ0n) is 9.15. The Bertz CT molecular complexity index is 468. The average molecular weight is 340 g/mol. The van der Waals surface area contributed by atoms with Crippen molar-refractivity contribution in [2.24, 2.45) is 0 Å². The molecule has 0 fully saturated rings. The predicted octanol–water partition coefficient (Wildman–Crippen LogP) is 3.11. The maximum atomic E-state index is 9.72. The first-order chi connectivity index (χ1) is 8.27. The first kappa shape index (κ1) is 12.2. The maximum Gasteiger partial charge on any atom is 0.121 e.